The number of carboxylic acids is 1. The van der Waals surface area contributed by atoms with Crippen molar-refractivity contribution in [2.24, 2.45) is 0 Å². The predicted molar refractivity (Wildman–Crippen MR) is 86.0 cm³/mol. The lowest BCUT2D eigenvalue weighted by molar-refractivity contribution is -0.138. The van der Waals surface area contributed by atoms with Gasteiger partial charge in [0.05, 0.1) is 24.5 Å². The van der Waals surface area contributed by atoms with Crippen LogP contribution in [0.25, 0.3) is 0 Å². The van der Waals surface area contributed by atoms with Gasteiger partial charge in [0.1, 0.15) is 17.1 Å². The minimum atomic E-state index is -0.961. The Balaban J connectivity index is 2.24. The van der Waals surface area contributed by atoms with E-state index in [9.17, 15) is 14.7 Å². The Kier molecular flexibility index (Phi) is 4.09. The Morgan fingerprint density at radius 1 is 1.43 bits per heavy atom. The summed E-state index contributed by atoms with van der Waals surface area (Å²) in [4.78, 5) is 24.9. The molecule has 23 heavy (non-hydrogen) atoms. The summed E-state index contributed by atoms with van der Waals surface area (Å²) in [5.41, 5.74) is 1.69. The van der Waals surface area contributed by atoms with Crippen molar-refractivity contribution in [1.82, 2.24) is 0 Å². The van der Waals surface area contributed by atoms with Crippen molar-refractivity contribution < 1.29 is 24.2 Å². The Bertz CT molecular complexity index is 764. The van der Waals surface area contributed by atoms with E-state index in [2.05, 4.69) is 0 Å². The molecule has 0 spiro atoms. The molecule has 2 aromatic rings. The molecule has 1 unspecified atom stereocenters. The third kappa shape index (κ3) is 2.59. The van der Waals surface area contributed by atoms with E-state index in [1.54, 1.807) is 25.1 Å². The second-order valence-corrected chi connectivity index (χ2v) is 6.27. The molecule has 0 saturated carbocycles. The molecule has 1 N–H and O–H groups in total. The summed E-state index contributed by atoms with van der Waals surface area (Å²) in [6.07, 6.45) is 0.656. The van der Waals surface area contributed by atoms with Crippen LogP contribution in [0.5, 0.6) is 11.5 Å². The molecule has 120 valence electrons. The van der Waals surface area contributed by atoms with Crippen LogP contribution >= 0.6 is 11.3 Å². The maximum Gasteiger partial charge on any atom is 0.310 e. The van der Waals surface area contributed by atoms with Crippen LogP contribution in [0.15, 0.2) is 23.6 Å². The number of carbonyl (C=O) groups excluding carboxylic acids is 1. The van der Waals surface area contributed by atoms with Crippen molar-refractivity contribution in [2.75, 3.05) is 13.7 Å². The molecule has 0 amide bonds. The highest BCUT2D eigenvalue weighted by molar-refractivity contribution is 7.12. The standard InChI is InChI=1S/C17H16O5S/c1-9(17(19)20)11-8-10-5-6-22-15(10)13(16(11)21-2)14(18)12-4-3-7-23-12/h3-4,7-9H,5-6H2,1-2H3,(H,19,20). The number of ketones is 1. The summed E-state index contributed by atoms with van der Waals surface area (Å²) in [5.74, 6) is -1.13. The van der Waals surface area contributed by atoms with E-state index >= 15 is 0 Å². The molecule has 1 aromatic carbocycles. The third-order valence-corrected chi connectivity index (χ3v) is 4.84. The van der Waals surface area contributed by atoms with Gasteiger partial charge in [-0.05, 0) is 30.0 Å². The van der Waals surface area contributed by atoms with Gasteiger partial charge in [-0.1, -0.05) is 6.07 Å². The number of carboxylic acid groups (broad SMARTS) is 1. The zero-order valence-corrected chi connectivity index (χ0v) is 13.6. The highest BCUT2D eigenvalue weighted by atomic mass is 32.1. The number of hydrogen-bond donors (Lipinski definition) is 1. The number of thiophene rings is 1. The van der Waals surface area contributed by atoms with E-state index in [1.807, 2.05) is 5.38 Å². The quantitative estimate of drug-likeness (QED) is 0.852. The maximum atomic E-state index is 12.9. The molecule has 0 aliphatic carbocycles. The zero-order chi connectivity index (χ0) is 16.6. The smallest absolute Gasteiger partial charge is 0.310 e. The lowest BCUT2D eigenvalue weighted by atomic mass is 9.92. The first kappa shape index (κ1) is 15.6. The topological polar surface area (TPSA) is 72.8 Å². The van der Waals surface area contributed by atoms with Crippen molar-refractivity contribution in [3.05, 3.63) is 45.1 Å². The van der Waals surface area contributed by atoms with Gasteiger partial charge in [0.2, 0.25) is 5.78 Å². The van der Waals surface area contributed by atoms with Gasteiger partial charge in [-0.2, -0.15) is 0 Å². The molecule has 1 aliphatic rings. The lowest BCUT2D eigenvalue weighted by Crippen LogP contribution is -2.13. The number of benzene rings is 1. The molecular formula is C17H16O5S. The number of carbonyl (C=O) groups is 2. The first-order valence-corrected chi connectivity index (χ1v) is 8.10. The van der Waals surface area contributed by atoms with E-state index in [0.29, 0.717) is 40.5 Å². The fourth-order valence-electron chi connectivity index (χ4n) is 2.75. The zero-order valence-electron chi connectivity index (χ0n) is 12.8. The molecule has 2 heterocycles. The van der Waals surface area contributed by atoms with Crippen LogP contribution in [-0.2, 0) is 11.2 Å². The monoisotopic (exact) mass is 332 g/mol. The number of aliphatic carboxylic acids is 1. The molecule has 1 aliphatic heterocycles. The molecule has 0 saturated heterocycles. The molecule has 0 fully saturated rings. The molecule has 5 nitrogen and oxygen atoms in total. The van der Waals surface area contributed by atoms with Crippen LogP contribution in [0.3, 0.4) is 0 Å². The van der Waals surface area contributed by atoms with E-state index < -0.39 is 11.9 Å². The third-order valence-electron chi connectivity index (χ3n) is 3.97. The SMILES string of the molecule is COc1c(C(C)C(=O)O)cc2c(c1C(=O)c1cccs1)OCC2. The number of ether oxygens (including phenoxy) is 2. The molecule has 0 bridgehead atoms. The predicted octanol–water partition coefficient (Wildman–Crippen LogP) is 3.11. The summed E-state index contributed by atoms with van der Waals surface area (Å²) >= 11 is 1.33. The van der Waals surface area contributed by atoms with Gasteiger partial charge >= 0.3 is 5.97 Å². The van der Waals surface area contributed by atoms with Gasteiger partial charge in [-0.3, -0.25) is 9.59 Å². The van der Waals surface area contributed by atoms with Gasteiger partial charge in [0.25, 0.3) is 0 Å². The van der Waals surface area contributed by atoms with Crippen LogP contribution in [0.4, 0.5) is 0 Å². The average molecular weight is 332 g/mol. The molecule has 3 rings (SSSR count). The number of methoxy groups -OCH3 is 1. The number of rotatable bonds is 5. The van der Waals surface area contributed by atoms with E-state index in [0.717, 1.165) is 5.56 Å². The molecule has 0 radical (unpaired) electrons. The van der Waals surface area contributed by atoms with Crippen molar-refractivity contribution >= 4 is 23.1 Å². The lowest BCUT2D eigenvalue weighted by Gasteiger charge is -2.18. The Morgan fingerprint density at radius 3 is 2.83 bits per heavy atom. The summed E-state index contributed by atoms with van der Waals surface area (Å²) in [6.45, 7) is 2.07. The Morgan fingerprint density at radius 2 is 2.22 bits per heavy atom. The van der Waals surface area contributed by atoms with Gasteiger partial charge in [0, 0.05) is 12.0 Å². The number of fused-ring (bicyclic) bond motifs is 1. The highest BCUT2D eigenvalue weighted by Crippen LogP contribution is 2.43. The maximum absolute atomic E-state index is 12.9. The number of hydrogen-bond acceptors (Lipinski definition) is 5. The summed E-state index contributed by atoms with van der Waals surface area (Å²) < 4.78 is 11.1. The van der Waals surface area contributed by atoms with Gasteiger partial charge in [-0.25, -0.2) is 0 Å². The molecule has 1 atom stereocenters. The van der Waals surface area contributed by atoms with Gasteiger partial charge < -0.3 is 14.6 Å². The first-order chi connectivity index (χ1) is 11.0. The highest BCUT2D eigenvalue weighted by Gasteiger charge is 2.32. The van der Waals surface area contributed by atoms with E-state index in [-0.39, 0.29) is 5.78 Å². The van der Waals surface area contributed by atoms with Crippen LogP contribution in [0, 0.1) is 0 Å². The molecular weight excluding hydrogens is 316 g/mol. The second kappa shape index (κ2) is 6.04. The average Bonchev–Trinajstić information content (AvgIpc) is 3.22. The van der Waals surface area contributed by atoms with Crippen molar-refractivity contribution in [2.45, 2.75) is 19.3 Å². The summed E-state index contributed by atoms with van der Waals surface area (Å²) in [6, 6.07) is 5.32. The molecule has 1 aromatic heterocycles. The van der Waals surface area contributed by atoms with E-state index in [4.69, 9.17) is 9.47 Å². The van der Waals surface area contributed by atoms with Crippen LogP contribution in [0.2, 0.25) is 0 Å². The van der Waals surface area contributed by atoms with Gasteiger partial charge in [-0.15, -0.1) is 11.3 Å². The molecule has 6 heteroatoms. The van der Waals surface area contributed by atoms with Crippen LogP contribution in [0.1, 0.15) is 39.2 Å². The minimum Gasteiger partial charge on any atom is -0.496 e. The van der Waals surface area contributed by atoms with Crippen molar-refractivity contribution in [3.63, 3.8) is 0 Å². The Hall–Kier alpha value is -2.34. The summed E-state index contributed by atoms with van der Waals surface area (Å²) in [5, 5.41) is 11.2. The first-order valence-electron chi connectivity index (χ1n) is 7.22. The van der Waals surface area contributed by atoms with E-state index in [1.165, 1.54) is 18.4 Å². The largest absolute Gasteiger partial charge is 0.496 e. The fraction of sp³-hybridized carbons (Fsp3) is 0.294. The Labute approximate surface area is 137 Å². The second-order valence-electron chi connectivity index (χ2n) is 5.33. The van der Waals surface area contributed by atoms with Crippen molar-refractivity contribution in [3.8, 4) is 11.5 Å². The van der Waals surface area contributed by atoms with Crippen LogP contribution in [-0.4, -0.2) is 30.6 Å². The van der Waals surface area contributed by atoms with Crippen molar-refractivity contribution in [1.29, 1.82) is 0 Å². The fourth-order valence-corrected chi connectivity index (χ4v) is 3.42. The van der Waals surface area contributed by atoms with Crippen LogP contribution < -0.4 is 9.47 Å². The summed E-state index contributed by atoms with van der Waals surface area (Å²) in [7, 11) is 1.44. The normalized spacial score (nSPS) is 14.0. The van der Waals surface area contributed by atoms with Gasteiger partial charge in [0.15, 0.2) is 0 Å². The minimum absolute atomic E-state index is 0.200.